The van der Waals surface area contributed by atoms with E-state index in [4.69, 9.17) is 0 Å². The smallest absolute Gasteiger partial charge is 0.209 e. The third kappa shape index (κ3) is 1.84. The molecule has 1 aliphatic heterocycles. The lowest BCUT2D eigenvalue weighted by Gasteiger charge is -2.22. The van der Waals surface area contributed by atoms with Crippen LogP contribution in [0.1, 0.15) is 13.8 Å². The Hall–Kier alpha value is -0.420. The van der Waals surface area contributed by atoms with Gasteiger partial charge in [0.25, 0.3) is 0 Å². The molecule has 0 aromatic rings. The Kier molecular flexibility index (Phi) is 3.22. The highest BCUT2D eigenvalue weighted by molar-refractivity contribution is 9.09. The molecule has 0 saturated heterocycles. The number of hydrazine groups is 1. The van der Waals surface area contributed by atoms with Crippen molar-refractivity contribution in [1.82, 2.24) is 10.4 Å². The molecule has 0 unspecified atom stereocenters. The number of aliphatic imine (C=N–C) groups is 1. The van der Waals surface area contributed by atoms with Crippen LogP contribution in [0.25, 0.3) is 0 Å². The summed E-state index contributed by atoms with van der Waals surface area (Å²) in [5.74, 6) is 0.551. The zero-order chi connectivity index (χ0) is 9.14. The molecule has 0 aromatic heterocycles. The van der Waals surface area contributed by atoms with Gasteiger partial charge in [0, 0.05) is 6.04 Å². The van der Waals surface area contributed by atoms with Crippen molar-refractivity contribution in [3.63, 3.8) is 0 Å². The molecule has 0 saturated carbocycles. The van der Waals surface area contributed by atoms with Gasteiger partial charge in [-0.2, -0.15) is 0 Å². The summed E-state index contributed by atoms with van der Waals surface area (Å²) in [6.45, 7) is 4.52. The quantitative estimate of drug-likeness (QED) is 0.724. The first-order valence-electron chi connectivity index (χ1n) is 3.83. The number of ketones is 1. The molecule has 0 spiro atoms. The minimum Gasteiger partial charge on any atom is -0.290 e. The standard InChI is InChI=1S/C7H12BrN3O/c1-5(2)11-7(6(12)3-8)9-4-10-11/h5,10H,3-4H2,1-2H3. The largest absolute Gasteiger partial charge is 0.290 e. The number of nitrogens with zero attached hydrogens (tertiary/aromatic N) is 2. The molecule has 0 atom stereocenters. The molecule has 5 heteroatoms. The Bertz CT molecular complexity index is 215. The van der Waals surface area contributed by atoms with Crippen molar-refractivity contribution in [3.8, 4) is 0 Å². The highest BCUT2D eigenvalue weighted by Crippen LogP contribution is 2.04. The van der Waals surface area contributed by atoms with Gasteiger partial charge in [-0.25, -0.2) is 10.4 Å². The van der Waals surface area contributed by atoms with Gasteiger partial charge in [-0.15, -0.1) is 0 Å². The summed E-state index contributed by atoms with van der Waals surface area (Å²) < 4.78 is 0. The number of carbonyl (C=O) groups is 1. The minimum atomic E-state index is 0.0219. The van der Waals surface area contributed by atoms with Crippen molar-refractivity contribution < 1.29 is 4.79 Å². The van der Waals surface area contributed by atoms with Crippen molar-refractivity contribution in [2.45, 2.75) is 19.9 Å². The van der Waals surface area contributed by atoms with E-state index in [1.165, 1.54) is 0 Å². The number of carbonyl (C=O) groups excluding carboxylic acids is 1. The Morgan fingerprint density at radius 2 is 2.50 bits per heavy atom. The van der Waals surface area contributed by atoms with Crippen LogP contribution in [0.2, 0.25) is 0 Å². The highest BCUT2D eigenvalue weighted by Gasteiger charge is 2.24. The van der Waals surface area contributed by atoms with Crippen molar-refractivity contribution in [2.75, 3.05) is 12.0 Å². The van der Waals surface area contributed by atoms with Crippen LogP contribution in [0.5, 0.6) is 0 Å². The average Bonchev–Trinajstić information content (AvgIpc) is 2.50. The number of rotatable bonds is 3. The van der Waals surface area contributed by atoms with Crippen LogP contribution in [-0.4, -0.2) is 34.7 Å². The fourth-order valence-corrected chi connectivity index (χ4v) is 1.30. The van der Waals surface area contributed by atoms with E-state index in [2.05, 4.69) is 26.3 Å². The second-order valence-electron chi connectivity index (χ2n) is 2.82. The summed E-state index contributed by atoms with van der Waals surface area (Å²) >= 11 is 3.12. The molecular formula is C7H12BrN3O. The molecule has 1 N–H and O–H groups in total. The van der Waals surface area contributed by atoms with E-state index < -0.39 is 0 Å². The van der Waals surface area contributed by atoms with Crippen LogP contribution in [0.15, 0.2) is 4.99 Å². The van der Waals surface area contributed by atoms with Crippen molar-refractivity contribution in [3.05, 3.63) is 0 Å². The van der Waals surface area contributed by atoms with Gasteiger partial charge in [-0.1, -0.05) is 15.9 Å². The van der Waals surface area contributed by atoms with Gasteiger partial charge in [0.05, 0.1) is 5.33 Å². The van der Waals surface area contributed by atoms with Crippen molar-refractivity contribution in [1.29, 1.82) is 0 Å². The van der Waals surface area contributed by atoms with Crippen molar-refractivity contribution >= 4 is 27.5 Å². The summed E-state index contributed by atoms with van der Waals surface area (Å²) in [7, 11) is 0. The van der Waals surface area contributed by atoms with Crippen LogP contribution in [-0.2, 0) is 4.79 Å². The molecule has 0 aliphatic carbocycles. The van der Waals surface area contributed by atoms with E-state index in [1.807, 2.05) is 13.8 Å². The fraction of sp³-hybridized carbons (Fsp3) is 0.714. The third-order valence-corrected chi connectivity index (χ3v) is 2.09. The van der Waals surface area contributed by atoms with Gasteiger partial charge in [-0.05, 0) is 13.8 Å². The summed E-state index contributed by atoms with van der Waals surface area (Å²) in [5.41, 5.74) is 3.01. The maximum absolute atomic E-state index is 11.3. The summed E-state index contributed by atoms with van der Waals surface area (Å²) in [6, 6.07) is 0.259. The van der Waals surface area contributed by atoms with E-state index in [-0.39, 0.29) is 11.8 Å². The lowest BCUT2D eigenvalue weighted by molar-refractivity contribution is -0.111. The molecule has 0 bridgehead atoms. The predicted molar refractivity (Wildman–Crippen MR) is 51.2 cm³/mol. The average molecular weight is 234 g/mol. The van der Waals surface area contributed by atoms with Crippen molar-refractivity contribution in [2.24, 2.45) is 4.99 Å². The molecule has 0 radical (unpaired) electrons. The molecule has 68 valence electrons. The zero-order valence-corrected chi connectivity index (χ0v) is 8.76. The SMILES string of the molecule is CC(C)N1NCN=C1C(=O)CBr. The van der Waals surface area contributed by atoms with Gasteiger partial charge >= 0.3 is 0 Å². The van der Waals surface area contributed by atoms with Gasteiger partial charge in [0.2, 0.25) is 5.78 Å². The van der Waals surface area contributed by atoms with Crippen LogP contribution < -0.4 is 5.43 Å². The maximum Gasteiger partial charge on any atom is 0.209 e. The fourth-order valence-electron chi connectivity index (χ4n) is 1.05. The second kappa shape index (κ2) is 4.00. The number of amidine groups is 1. The second-order valence-corrected chi connectivity index (χ2v) is 3.38. The Morgan fingerprint density at radius 3 is 3.00 bits per heavy atom. The van der Waals surface area contributed by atoms with Gasteiger partial charge < -0.3 is 0 Å². The third-order valence-electron chi connectivity index (χ3n) is 1.59. The molecule has 0 aromatic carbocycles. The molecule has 1 heterocycles. The topological polar surface area (TPSA) is 44.7 Å². The molecule has 12 heavy (non-hydrogen) atoms. The molecular weight excluding hydrogens is 222 g/mol. The number of nitrogens with one attached hydrogen (secondary N) is 1. The molecule has 1 aliphatic rings. The van der Waals surface area contributed by atoms with Crippen LogP contribution >= 0.6 is 15.9 Å². The normalized spacial score (nSPS) is 17.0. The lowest BCUT2D eigenvalue weighted by Crippen LogP contribution is -2.45. The number of alkyl halides is 1. The molecule has 0 fully saturated rings. The molecule has 1 rings (SSSR count). The van der Waals surface area contributed by atoms with Gasteiger partial charge in [0.15, 0.2) is 5.84 Å². The summed E-state index contributed by atoms with van der Waals surface area (Å²) in [5, 5.41) is 2.13. The Labute approximate surface area is 80.1 Å². The van der Waals surface area contributed by atoms with Crippen LogP contribution in [0.4, 0.5) is 0 Å². The predicted octanol–water partition coefficient (Wildman–Crippen LogP) is 0.535. The minimum absolute atomic E-state index is 0.0219. The number of hydrogen-bond donors (Lipinski definition) is 1. The lowest BCUT2D eigenvalue weighted by atomic mass is 10.3. The number of halogens is 1. The number of hydrogen-bond acceptors (Lipinski definition) is 4. The van der Waals surface area contributed by atoms with E-state index in [1.54, 1.807) is 5.01 Å². The first-order valence-corrected chi connectivity index (χ1v) is 4.95. The number of Topliss-reactive ketones (excluding diaryl/α,β-unsaturated/α-hetero) is 1. The first-order chi connectivity index (χ1) is 5.66. The molecule has 4 nitrogen and oxygen atoms in total. The highest BCUT2D eigenvalue weighted by atomic mass is 79.9. The Balaban J connectivity index is 2.69. The Morgan fingerprint density at radius 1 is 1.83 bits per heavy atom. The van der Waals surface area contributed by atoms with E-state index in [9.17, 15) is 4.79 Å². The van der Waals surface area contributed by atoms with Crippen LogP contribution in [0, 0.1) is 0 Å². The zero-order valence-electron chi connectivity index (χ0n) is 7.17. The van der Waals surface area contributed by atoms with Crippen LogP contribution in [0.3, 0.4) is 0 Å². The van der Waals surface area contributed by atoms with Gasteiger partial charge in [0.1, 0.15) is 6.67 Å². The van der Waals surface area contributed by atoms with E-state index in [0.717, 1.165) is 0 Å². The summed E-state index contributed by atoms with van der Waals surface area (Å²) in [4.78, 5) is 15.3. The molecule has 0 amide bonds. The monoisotopic (exact) mass is 233 g/mol. The van der Waals surface area contributed by atoms with E-state index in [0.29, 0.717) is 17.8 Å². The van der Waals surface area contributed by atoms with Gasteiger partial charge in [-0.3, -0.25) is 9.80 Å². The summed E-state index contributed by atoms with van der Waals surface area (Å²) in [6.07, 6.45) is 0. The van der Waals surface area contributed by atoms with E-state index >= 15 is 0 Å². The maximum atomic E-state index is 11.3. The first kappa shape index (κ1) is 9.67.